The van der Waals surface area contributed by atoms with Crippen LogP contribution in [0.1, 0.15) is 70.4 Å². The van der Waals surface area contributed by atoms with Crippen LogP contribution in [0.25, 0.3) is 0 Å². The molecule has 59 heavy (non-hydrogen) atoms. The van der Waals surface area contributed by atoms with Crippen LogP contribution < -0.4 is 25.2 Å². The molecule has 4 fully saturated rings. The molecule has 3 aromatic rings. The minimum Gasteiger partial charge on any atom is -0.492 e. The number of nitrogens with one attached hydrogen (secondary N) is 2. The number of piperidine rings is 3. The molecular weight excluding hydrogens is 770 g/mol. The van der Waals surface area contributed by atoms with Crippen molar-refractivity contribution >= 4 is 46.7 Å². The molecule has 6 heterocycles. The van der Waals surface area contributed by atoms with Gasteiger partial charge in [0, 0.05) is 75.4 Å². The van der Waals surface area contributed by atoms with E-state index in [0.29, 0.717) is 61.6 Å². The first-order chi connectivity index (χ1) is 28.3. The van der Waals surface area contributed by atoms with Crippen LogP contribution in [0.3, 0.4) is 0 Å². The van der Waals surface area contributed by atoms with Crippen LogP contribution in [0.4, 0.5) is 30.4 Å². The summed E-state index contributed by atoms with van der Waals surface area (Å²) < 4.78 is 46.3. The lowest BCUT2D eigenvalue weighted by molar-refractivity contribution is -0.138. The smallest absolute Gasteiger partial charge is 0.417 e. The Labute approximate surface area is 338 Å². The van der Waals surface area contributed by atoms with E-state index in [2.05, 4.69) is 25.4 Å². The van der Waals surface area contributed by atoms with Gasteiger partial charge in [0.05, 0.1) is 41.1 Å². The number of nitriles is 1. The van der Waals surface area contributed by atoms with E-state index in [1.165, 1.54) is 12.1 Å². The fraction of sp³-hybridized carbons (Fsp3) is 0.452. The molecule has 0 radical (unpaired) electrons. The van der Waals surface area contributed by atoms with Crippen LogP contribution in [0.2, 0.25) is 0 Å². The summed E-state index contributed by atoms with van der Waals surface area (Å²) in [6.07, 6.45) is 0.0465. The summed E-state index contributed by atoms with van der Waals surface area (Å²) in [5, 5.41) is 14.1. The molecule has 0 bridgehead atoms. The lowest BCUT2D eigenvalue weighted by Crippen LogP contribution is -2.54. The van der Waals surface area contributed by atoms with Gasteiger partial charge in [-0.2, -0.15) is 18.4 Å². The molecule has 1 aromatic heterocycles. The van der Waals surface area contributed by atoms with Gasteiger partial charge < -0.3 is 24.8 Å². The zero-order chi connectivity index (χ0) is 41.4. The Bertz CT molecular complexity index is 2190. The molecule has 14 nitrogen and oxygen atoms in total. The van der Waals surface area contributed by atoms with Crippen molar-refractivity contribution in [1.82, 2.24) is 20.1 Å². The van der Waals surface area contributed by atoms with Gasteiger partial charge in [0.2, 0.25) is 17.7 Å². The zero-order valence-electron chi connectivity index (χ0n) is 32.2. The molecule has 17 heteroatoms. The molecule has 0 spiro atoms. The molecule has 8 rings (SSSR count). The van der Waals surface area contributed by atoms with Crippen molar-refractivity contribution in [3.63, 3.8) is 0 Å². The highest BCUT2D eigenvalue weighted by molar-refractivity contribution is 6.23. The second-order valence-electron chi connectivity index (χ2n) is 16.0. The highest BCUT2D eigenvalue weighted by atomic mass is 19.4. The maximum atomic E-state index is 13.4. The number of pyridine rings is 1. The fourth-order valence-electron chi connectivity index (χ4n) is 8.77. The zero-order valence-corrected chi connectivity index (χ0v) is 32.2. The molecule has 0 aliphatic carbocycles. The molecule has 308 valence electrons. The summed E-state index contributed by atoms with van der Waals surface area (Å²) in [6, 6.07) is 13.0. The van der Waals surface area contributed by atoms with Crippen molar-refractivity contribution < 1.29 is 41.9 Å². The minimum atomic E-state index is -4.63. The Hall–Kier alpha value is -6.02. The Morgan fingerprint density at radius 1 is 0.864 bits per heavy atom. The first-order valence-corrected chi connectivity index (χ1v) is 19.9. The predicted molar refractivity (Wildman–Crippen MR) is 207 cm³/mol. The number of carbonyl (C=O) groups excluding carboxylic acids is 5. The van der Waals surface area contributed by atoms with Gasteiger partial charge >= 0.3 is 6.18 Å². The molecule has 5 aliphatic heterocycles. The number of likely N-dealkylation sites (tertiary alicyclic amines) is 1. The number of carbonyl (C=O) groups is 5. The molecule has 0 saturated carbocycles. The molecule has 2 N–H and O–H groups in total. The summed E-state index contributed by atoms with van der Waals surface area (Å²) in [5.41, 5.74) is 0.426. The van der Waals surface area contributed by atoms with Crippen molar-refractivity contribution in [1.29, 1.82) is 5.26 Å². The highest BCUT2D eigenvalue weighted by Crippen LogP contribution is 2.36. The Morgan fingerprint density at radius 2 is 1.54 bits per heavy atom. The Kier molecular flexibility index (Phi) is 11.0. The Balaban J connectivity index is 0.728. The SMILES string of the molecule is N#Cc1ccc(N2CCC(C(=O)Nc3ccc(OCC4CN(CC5CCN(c6ccc7c(c6)C(=O)N(C6CCC(=O)NC6=O)C7=O)CC5)C4)cn3)CC2)cc1C(F)(F)F. The van der Waals surface area contributed by atoms with Gasteiger partial charge in [0.25, 0.3) is 11.8 Å². The molecular formula is C42H43F3N8O6. The maximum absolute atomic E-state index is 13.4. The van der Waals surface area contributed by atoms with Crippen molar-refractivity contribution in [3.05, 3.63) is 77.0 Å². The first kappa shape index (κ1) is 39.8. The maximum Gasteiger partial charge on any atom is 0.417 e. The number of rotatable bonds is 10. The number of benzene rings is 2. The number of nitrogens with zero attached hydrogens (tertiary/aromatic N) is 6. The van der Waals surface area contributed by atoms with Gasteiger partial charge in [-0.1, -0.05) is 0 Å². The summed E-state index contributed by atoms with van der Waals surface area (Å²) in [5.74, 6) is -0.642. The van der Waals surface area contributed by atoms with Crippen LogP contribution in [0.5, 0.6) is 5.75 Å². The molecule has 1 unspecified atom stereocenters. The highest BCUT2D eigenvalue weighted by Gasteiger charge is 2.45. The normalized spacial score (nSPS) is 20.9. The lowest BCUT2D eigenvalue weighted by atomic mass is 9.92. The first-order valence-electron chi connectivity index (χ1n) is 19.9. The summed E-state index contributed by atoms with van der Waals surface area (Å²) >= 11 is 0. The minimum absolute atomic E-state index is 0.0771. The number of hydrogen-bond donors (Lipinski definition) is 2. The number of amides is 5. The van der Waals surface area contributed by atoms with E-state index in [-0.39, 0.29) is 35.8 Å². The largest absolute Gasteiger partial charge is 0.492 e. The monoisotopic (exact) mass is 812 g/mol. The topological polar surface area (TPSA) is 168 Å². The van der Waals surface area contributed by atoms with E-state index in [1.807, 2.05) is 6.07 Å². The van der Waals surface area contributed by atoms with E-state index < -0.39 is 47.0 Å². The van der Waals surface area contributed by atoms with Gasteiger partial charge in [-0.25, -0.2) is 4.98 Å². The van der Waals surface area contributed by atoms with Crippen LogP contribution in [-0.4, -0.2) is 103 Å². The second kappa shape index (κ2) is 16.3. The number of alkyl halides is 3. The summed E-state index contributed by atoms with van der Waals surface area (Å²) in [7, 11) is 0. The number of imide groups is 2. The summed E-state index contributed by atoms with van der Waals surface area (Å²) in [4.78, 5) is 75.1. The summed E-state index contributed by atoms with van der Waals surface area (Å²) in [6.45, 7) is 5.85. The van der Waals surface area contributed by atoms with E-state index in [4.69, 9.17) is 10.00 Å². The number of fused-ring (bicyclic) bond motifs is 1. The third-order valence-electron chi connectivity index (χ3n) is 12.1. The Morgan fingerprint density at radius 3 is 2.20 bits per heavy atom. The van der Waals surface area contributed by atoms with Crippen LogP contribution in [-0.2, 0) is 20.6 Å². The predicted octanol–water partition coefficient (Wildman–Crippen LogP) is 4.46. The second-order valence-corrected chi connectivity index (χ2v) is 16.0. The molecule has 1 atom stereocenters. The van der Waals surface area contributed by atoms with Gasteiger partial charge in [-0.15, -0.1) is 0 Å². The van der Waals surface area contributed by atoms with Crippen molar-refractivity contribution in [3.8, 4) is 11.8 Å². The van der Waals surface area contributed by atoms with Crippen molar-refractivity contribution in [2.45, 2.75) is 50.7 Å². The standard InChI is InChI=1S/C42H43F3N8O6/c43-42(44,45)34-18-30(2-1-28(34)19-46)52-15-11-27(12-16-52)38(55)48-36-7-4-31(20-47-36)59-24-26-22-50(23-26)21-25-9-13-51(14-10-25)29-3-5-32-33(17-29)41(58)53(40(32)57)35-6-8-37(54)49-39(35)56/h1-5,7,17-18,20,25-27,35H,6,8-16,21-24H2,(H,47,48,55)(H,49,54,56). The molecule has 4 saturated heterocycles. The van der Waals surface area contributed by atoms with Gasteiger partial charge in [0.15, 0.2) is 0 Å². The lowest BCUT2D eigenvalue weighted by Gasteiger charge is -2.43. The van der Waals surface area contributed by atoms with E-state index in [0.717, 1.165) is 62.2 Å². The number of halogens is 3. The van der Waals surface area contributed by atoms with Gasteiger partial charge in [0.1, 0.15) is 17.6 Å². The average Bonchev–Trinajstić information content (AvgIpc) is 3.46. The quantitative estimate of drug-likeness (QED) is 0.278. The van der Waals surface area contributed by atoms with Gasteiger partial charge in [-0.05, 0) is 86.6 Å². The van der Waals surface area contributed by atoms with E-state index in [1.54, 1.807) is 41.4 Å². The van der Waals surface area contributed by atoms with Crippen LogP contribution >= 0.6 is 0 Å². The van der Waals surface area contributed by atoms with Gasteiger partial charge in [-0.3, -0.25) is 34.2 Å². The number of aromatic nitrogens is 1. The number of hydrogen-bond acceptors (Lipinski definition) is 11. The van der Waals surface area contributed by atoms with E-state index >= 15 is 0 Å². The molecule has 5 aliphatic rings. The average molecular weight is 813 g/mol. The molecule has 5 amide bonds. The third kappa shape index (κ3) is 8.45. The van der Waals surface area contributed by atoms with Crippen LogP contribution in [0.15, 0.2) is 54.7 Å². The van der Waals surface area contributed by atoms with Crippen molar-refractivity contribution in [2.24, 2.45) is 17.8 Å². The van der Waals surface area contributed by atoms with E-state index in [9.17, 15) is 37.1 Å². The number of anilines is 3. The fourth-order valence-corrected chi connectivity index (χ4v) is 8.77. The molecule has 2 aromatic carbocycles. The van der Waals surface area contributed by atoms with Crippen molar-refractivity contribution in [2.75, 3.05) is 67.5 Å². The van der Waals surface area contributed by atoms with Crippen LogP contribution in [0, 0.1) is 29.1 Å². The number of ether oxygens (including phenoxy) is 1. The third-order valence-corrected chi connectivity index (χ3v) is 12.1.